The van der Waals surface area contributed by atoms with E-state index in [0.29, 0.717) is 0 Å². The van der Waals surface area contributed by atoms with Gasteiger partial charge < -0.3 is 9.26 Å². The van der Waals surface area contributed by atoms with Crippen LogP contribution in [0.1, 0.15) is 41.1 Å². The predicted octanol–water partition coefficient (Wildman–Crippen LogP) is 4.14. The van der Waals surface area contributed by atoms with Gasteiger partial charge in [-0.1, -0.05) is 43.3 Å². The zero-order valence-corrected chi connectivity index (χ0v) is 17.2. The molecule has 0 unspecified atom stereocenters. The van der Waals surface area contributed by atoms with Gasteiger partial charge in [0.15, 0.2) is 22.7 Å². The van der Waals surface area contributed by atoms with Crippen LogP contribution in [-0.4, -0.2) is 41.9 Å². The van der Waals surface area contributed by atoms with E-state index < -0.39 is 40.2 Å². The van der Waals surface area contributed by atoms with Gasteiger partial charge in [-0.25, -0.2) is 0 Å². The molecular formula is C22H21F3N2O4. The van der Waals surface area contributed by atoms with Gasteiger partial charge in [-0.2, -0.15) is 13.2 Å². The molecule has 1 heterocycles. The summed E-state index contributed by atoms with van der Waals surface area (Å²) in [6.07, 6.45) is -3.03. The maximum atomic E-state index is 14.6. The van der Waals surface area contributed by atoms with Crippen LogP contribution in [0.2, 0.25) is 0 Å². The molecule has 0 N–H and O–H groups in total. The lowest BCUT2D eigenvalue weighted by Crippen LogP contribution is -2.66. The number of rotatable bonds is 4. The molecule has 0 fully saturated rings. The minimum Gasteiger partial charge on any atom is -0.470 e. The van der Waals surface area contributed by atoms with Crippen molar-refractivity contribution in [2.24, 2.45) is 10.8 Å². The molecule has 2 aliphatic carbocycles. The van der Waals surface area contributed by atoms with Crippen molar-refractivity contribution < 1.29 is 32.0 Å². The molecule has 0 radical (unpaired) electrons. The number of ketones is 2. The van der Waals surface area contributed by atoms with Crippen LogP contribution >= 0.6 is 0 Å². The Kier molecular flexibility index (Phi) is 4.84. The summed E-state index contributed by atoms with van der Waals surface area (Å²) < 4.78 is 54.9. The van der Waals surface area contributed by atoms with Crippen molar-refractivity contribution >= 4 is 11.6 Å². The molecule has 164 valence electrons. The molecule has 6 nitrogen and oxygen atoms in total. The van der Waals surface area contributed by atoms with E-state index in [4.69, 9.17) is 9.26 Å². The topological polar surface area (TPSA) is 72.6 Å². The highest BCUT2D eigenvalue weighted by molar-refractivity contribution is 6.21. The molecule has 0 saturated carbocycles. The third kappa shape index (κ3) is 2.79. The van der Waals surface area contributed by atoms with Crippen molar-refractivity contribution in [3.05, 3.63) is 59.4 Å². The SMILES string of the molecule is CN(C)[C@@H]1c2onc(OCc3ccccc3)c2C(=O)[C@@]2(C(F)(F)F)C(=O)C=CC[C@@]12C. The second-order valence-electron chi connectivity index (χ2n) is 8.33. The molecule has 0 saturated heterocycles. The number of aromatic nitrogens is 1. The summed E-state index contributed by atoms with van der Waals surface area (Å²) in [5, 5.41) is 3.78. The van der Waals surface area contributed by atoms with Gasteiger partial charge in [-0.05, 0) is 37.3 Å². The van der Waals surface area contributed by atoms with E-state index in [2.05, 4.69) is 5.16 Å². The first-order valence-corrected chi connectivity index (χ1v) is 9.71. The van der Waals surface area contributed by atoms with Gasteiger partial charge in [-0.15, -0.1) is 0 Å². The Balaban J connectivity index is 1.90. The summed E-state index contributed by atoms with van der Waals surface area (Å²) in [5.74, 6) is -3.03. The van der Waals surface area contributed by atoms with Gasteiger partial charge >= 0.3 is 6.18 Å². The lowest BCUT2D eigenvalue weighted by molar-refractivity contribution is -0.243. The zero-order chi connectivity index (χ0) is 22.6. The lowest BCUT2D eigenvalue weighted by Gasteiger charge is -2.54. The Morgan fingerprint density at radius 2 is 1.90 bits per heavy atom. The molecule has 2 aromatic rings. The van der Waals surface area contributed by atoms with Gasteiger partial charge in [0.25, 0.3) is 5.88 Å². The molecule has 0 bridgehead atoms. The average molecular weight is 434 g/mol. The quantitative estimate of drug-likeness (QED) is 0.674. The maximum Gasteiger partial charge on any atom is 0.409 e. The Hall–Kier alpha value is -2.94. The first-order chi connectivity index (χ1) is 14.6. The number of benzene rings is 1. The van der Waals surface area contributed by atoms with Crippen LogP contribution in [0.3, 0.4) is 0 Å². The van der Waals surface area contributed by atoms with Crippen LogP contribution in [0.15, 0.2) is 47.0 Å². The van der Waals surface area contributed by atoms with Crippen molar-refractivity contribution in [2.75, 3.05) is 14.1 Å². The van der Waals surface area contributed by atoms with Crippen LogP contribution in [0.4, 0.5) is 13.2 Å². The molecule has 0 amide bonds. The van der Waals surface area contributed by atoms with E-state index in [9.17, 15) is 22.8 Å². The molecule has 0 aliphatic heterocycles. The Bertz CT molecular complexity index is 1060. The van der Waals surface area contributed by atoms with Gasteiger partial charge in [0.05, 0.1) is 6.04 Å². The Morgan fingerprint density at radius 3 is 2.52 bits per heavy atom. The molecule has 9 heteroatoms. The molecule has 2 aliphatic rings. The first kappa shape index (κ1) is 21.3. The molecule has 4 rings (SSSR count). The smallest absolute Gasteiger partial charge is 0.409 e. The van der Waals surface area contributed by atoms with Crippen LogP contribution in [-0.2, 0) is 11.4 Å². The highest BCUT2D eigenvalue weighted by Gasteiger charge is 2.78. The second kappa shape index (κ2) is 7.05. The molecule has 3 atom stereocenters. The number of Topliss-reactive ketones (excluding diaryl/α,β-unsaturated/α-hetero) is 1. The number of halogens is 3. The van der Waals surface area contributed by atoms with Gasteiger partial charge in [-0.3, -0.25) is 14.5 Å². The van der Waals surface area contributed by atoms with E-state index in [1.54, 1.807) is 38.4 Å². The Labute approximate surface area is 176 Å². The summed E-state index contributed by atoms with van der Waals surface area (Å²) in [6.45, 7) is 1.28. The number of alkyl halides is 3. The number of carbonyl (C=O) groups excluding carboxylic acids is 2. The summed E-state index contributed by atoms with van der Waals surface area (Å²) in [7, 11) is 3.15. The number of ether oxygens (including phenoxy) is 1. The number of hydrogen-bond donors (Lipinski definition) is 0. The van der Waals surface area contributed by atoms with Crippen LogP contribution < -0.4 is 4.74 Å². The first-order valence-electron chi connectivity index (χ1n) is 9.71. The van der Waals surface area contributed by atoms with E-state index in [-0.39, 0.29) is 24.7 Å². The van der Waals surface area contributed by atoms with Crippen molar-refractivity contribution in [3.8, 4) is 5.88 Å². The zero-order valence-electron chi connectivity index (χ0n) is 17.2. The minimum atomic E-state index is -5.12. The fourth-order valence-electron chi connectivity index (χ4n) is 5.04. The van der Waals surface area contributed by atoms with E-state index in [0.717, 1.165) is 11.6 Å². The standard InChI is InChI=1S/C22H21F3N2O4/c1-20-11-7-10-14(28)21(20,22(23,24)25)18(29)15-16(17(20)27(2)3)31-26-19(15)30-12-13-8-5-4-6-9-13/h4-10,17H,11-12H2,1-3H3/t17-,20+,21+/m1/s1. The van der Waals surface area contributed by atoms with E-state index in [1.165, 1.54) is 17.9 Å². The summed E-state index contributed by atoms with van der Waals surface area (Å²) >= 11 is 0. The molecule has 1 aromatic heterocycles. The molecule has 31 heavy (non-hydrogen) atoms. The van der Waals surface area contributed by atoms with Crippen molar-refractivity contribution in [3.63, 3.8) is 0 Å². The third-order valence-corrected chi connectivity index (χ3v) is 6.30. The van der Waals surface area contributed by atoms with E-state index >= 15 is 0 Å². The normalized spacial score (nSPS) is 27.9. The maximum absolute atomic E-state index is 14.6. The molecule has 0 spiro atoms. The summed E-state index contributed by atoms with van der Waals surface area (Å²) in [5.41, 5.74) is -4.76. The van der Waals surface area contributed by atoms with Gasteiger partial charge in [0.2, 0.25) is 0 Å². The number of allylic oxidation sites excluding steroid dienone is 2. The monoisotopic (exact) mass is 434 g/mol. The van der Waals surface area contributed by atoms with E-state index in [1.807, 2.05) is 6.07 Å². The average Bonchev–Trinajstić information content (AvgIpc) is 3.09. The van der Waals surface area contributed by atoms with Crippen LogP contribution in [0.25, 0.3) is 0 Å². The van der Waals surface area contributed by atoms with Crippen molar-refractivity contribution in [1.82, 2.24) is 10.1 Å². The third-order valence-electron chi connectivity index (χ3n) is 6.30. The Morgan fingerprint density at radius 1 is 1.23 bits per heavy atom. The summed E-state index contributed by atoms with van der Waals surface area (Å²) in [6, 6.07) is 7.87. The van der Waals surface area contributed by atoms with Crippen LogP contribution in [0.5, 0.6) is 5.88 Å². The van der Waals surface area contributed by atoms with Crippen molar-refractivity contribution in [1.29, 1.82) is 0 Å². The lowest BCUT2D eigenvalue weighted by atomic mass is 9.48. The van der Waals surface area contributed by atoms with Gasteiger partial charge in [0.1, 0.15) is 12.2 Å². The highest BCUT2D eigenvalue weighted by atomic mass is 19.4. The largest absolute Gasteiger partial charge is 0.470 e. The number of fused-ring (bicyclic) bond motifs is 2. The summed E-state index contributed by atoms with van der Waals surface area (Å²) in [4.78, 5) is 27.9. The van der Waals surface area contributed by atoms with Crippen LogP contribution in [0, 0.1) is 10.8 Å². The molecular weight excluding hydrogens is 413 g/mol. The number of hydrogen-bond acceptors (Lipinski definition) is 6. The fourth-order valence-corrected chi connectivity index (χ4v) is 5.04. The number of nitrogens with zero attached hydrogens (tertiary/aromatic N) is 2. The fraction of sp³-hybridized carbons (Fsp3) is 0.409. The number of carbonyl (C=O) groups is 2. The predicted molar refractivity (Wildman–Crippen MR) is 103 cm³/mol. The second-order valence-corrected chi connectivity index (χ2v) is 8.33. The van der Waals surface area contributed by atoms with Crippen molar-refractivity contribution in [2.45, 2.75) is 32.2 Å². The van der Waals surface area contributed by atoms with Gasteiger partial charge in [0, 0.05) is 5.41 Å². The molecule has 1 aromatic carbocycles. The minimum absolute atomic E-state index is 0.0239. The highest BCUT2D eigenvalue weighted by Crippen LogP contribution is 2.66.